The van der Waals surface area contributed by atoms with E-state index in [4.69, 9.17) is 10.5 Å². The number of rotatable bonds is 15. The molecule has 29 nitrogen and oxygen atoms in total. The van der Waals surface area contributed by atoms with Crippen LogP contribution in [-0.2, 0) is 39.9 Å². The summed E-state index contributed by atoms with van der Waals surface area (Å²) in [6, 6.07) is 5.08. The topological polar surface area (TPSA) is 465 Å². The summed E-state index contributed by atoms with van der Waals surface area (Å²) < 4.78 is 39.2. The highest BCUT2D eigenvalue weighted by molar-refractivity contribution is 8.15. The number of fused-ring (bicyclic) bond motifs is 5. The van der Waals surface area contributed by atoms with E-state index in [0.29, 0.717) is 0 Å². The van der Waals surface area contributed by atoms with Crippen LogP contribution >= 0.6 is 11.2 Å². The second kappa shape index (κ2) is 27.3. The predicted octanol–water partition coefficient (Wildman–Crippen LogP) is -3.62. The lowest BCUT2D eigenvalue weighted by Crippen LogP contribution is -2.64. The average Bonchev–Trinajstić information content (AvgIpc) is 4.11. The number of aliphatic hydroxyl groups is 8. The molecular weight excluding hydrogens is 1120 g/mol. The van der Waals surface area contributed by atoms with E-state index >= 15 is 9.59 Å². The molecule has 0 radical (unpaired) electrons. The Morgan fingerprint density at radius 1 is 0.759 bits per heavy atom. The van der Waals surface area contributed by atoms with E-state index in [1.54, 1.807) is 0 Å². The molecule has 30 heteroatoms. The Hall–Kier alpha value is -6.78. The summed E-state index contributed by atoms with van der Waals surface area (Å²) in [5.74, 6) is -10.1. The normalized spacial score (nSPS) is 27.2. The van der Waals surface area contributed by atoms with Gasteiger partial charge in [0.2, 0.25) is 35.4 Å². The van der Waals surface area contributed by atoms with Crippen LogP contribution in [0.15, 0.2) is 66.7 Å². The second-order valence-electron chi connectivity index (χ2n) is 21.2. The van der Waals surface area contributed by atoms with Crippen molar-refractivity contribution in [3.63, 3.8) is 0 Å². The fourth-order valence-electron chi connectivity index (χ4n) is 10.8. The first-order valence-electron chi connectivity index (χ1n) is 26.7. The Kier molecular flexibility index (Phi) is 21.0. The number of phenols is 1. The van der Waals surface area contributed by atoms with E-state index in [1.165, 1.54) is 6.92 Å². The first-order chi connectivity index (χ1) is 39.2. The van der Waals surface area contributed by atoms with Crippen LogP contribution < -0.4 is 31.2 Å². The molecule has 1 aliphatic carbocycles. The third kappa shape index (κ3) is 15.0. The maximum absolute atomic E-state index is 15.1. The number of nitrogens with zero attached hydrogens (tertiary/aromatic N) is 3. The Balaban J connectivity index is 1.26. The number of ether oxygens (including phenoxy) is 1. The van der Waals surface area contributed by atoms with Gasteiger partial charge in [-0.3, -0.25) is 42.4 Å². The van der Waals surface area contributed by atoms with Gasteiger partial charge < -0.3 is 96.6 Å². The fraction of sp³-hybridized carbons (Fsp3) is 0.528. The van der Waals surface area contributed by atoms with Crippen molar-refractivity contribution in [3.05, 3.63) is 83.4 Å². The molecule has 83 heavy (non-hydrogen) atoms. The van der Waals surface area contributed by atoms with Crippen LogP contribution in [0.2, 0.25) is 0 Å². The summed E-state index contributed by atoms with van der Waals surface area (Å²) in [5, 5.41) is 109. The molecule has 3 saturated heterocycles. The molecule has 0 saturated carbocycles. The average molecular weight is 1190 g/mol. The first-order valence-corrected chi connectivity index (χ1v) is 28.1. The molecule has 1 unspecified atom stereocenters. The number of amides is 7. The highest BCUT2D eigenvalue weighted by Crippen LogP contribution is 2.45. The number of carbonyl (C=O) groups excluding carboxylic acids is 7. The number of nitrogens with two attached hydrogens (primary N) is 1. The summed E-state index contributed by atoms with van der Waals surface area (Å²) in [4.78, 5) is 103. The number of carbonyl (C=O) groups is 7. The van der Waals surface area contributed by atoms with Crippen molar-refractivity contribution in [1.82, 2.24) is 36.0 Å². The number of benzene rings is 3. The largest absolute Gasteiger partial charge is 0.504 e. The molecular formula is C53H72N8O21S. The summed E-state index contributed by atoms with van der Waals surface area (Å²) in [6.07, 6.45) is -14.2. The predicted molar refractivity (Wildman–Crippen MR) is 290 cm³/mol. The number of phenolic OH excluding ortho intramolecular Hbond substituents is 1. The van der Waals surface area contributed by atoms with E-state index in [2.05, 4.69) is 25.5 Å². The molecule has 3 aliphatic heterocycles. The molecule has 456 valence electrons. The monoisotopic (exact) mass is 1190 g/mol. The van der Waals surface area contributed by atoms with Crippen molar-refractivity contribution in [2.75, 3.05) is 46.0 Å². The van der Waals surface area contributed by atoms with Crippen molar-refractivity contribution >= 4 is 52.7 Å². The summed E-state index contributed by atoms with van der Waals surface area (Å²) in [5.41, 5.74) is 9.55. The van der Waals surface area contributed by atoms with Crippen LogP contribution in [0.4, 0.5) is 4.79 Å². The number of nitrogens with one attached hydrogen (secondary N) is 4. The van der Waals surface area contributed by atoms with Crippen molar-refractivity contribution in [2.24, 2.45) is 11.7 Å². The zero-order valence-corrected chi connectivity index (χ0v) is 46.0. The van der Waals surface area contributed by atoms with Gasteiger partial charge in [0.15, 0.2) is 11.5 Å². The van der Waals surface area contributed by atoms with Crippen LogP contribution in [0.5, 0.6) is 11.5 Å². The summed E-state index contributed by atoms with van der Waals surface area (Å²) in [7, 11) is 0. The van der Waals surface area contributed by atoms with Gasteiger partial charge in [-0.2, -0.15) is 0 Å². The van der Waals surface area contributed by atoms with Gasteiger partial charge in [-0.25, -0.2) is 4.79 Å². The molecule has 3 heterocycles. The van der Waals surface area contributed by atoms with E-state index in [9.17, 15) is 83.6 Å². The Labute approximate surface area is 477 Å². The van der Waals surface area contributed by atoms with Crippen molar-refractivity contribution < 1.29 is 102 Å². The standard InChI is InChI=1S/C53H72N8O21S/c1-25-20-61-45(46(25)70)50(74)55-19-29(65)17-36(54)47(71)56-42(26(2)64)51(75)60-21-30(66)18-37(60)48(72)57-43(40(69)15-27-11-12-38(67)41(16-27)82-83(78,79)80)49(73)58-44(52(61)76)39(68)13-14-59(28(22-62)23-63)53(77)81-24-35-33-9-5-3-7-31(33)32-8-4-6-10-34(32)35/h3-12,16,25-26,28-30,35-37,39-40,42-46,62-70,78-80H,13-15,17-24,54H2,1-2H3,(H,55,74)(H,56,71)(H,57,72)(H,58,73)/t25-,26+,29+,30+,36?,37-,39+,40+,42-,43-,44-,45-,46-/m0/s1. The zero-order valence-electron chi connectivity index (χ0n) is 45.2. The third-order valence-corrected chi connectivity index (χ3v) is 15.7. The van der Waals surface area contributed by atoms with Gasteiger partial charge in [-0.05, 0) is 59.7 Å². The van der Waals surface area contributed by atoms with Crippen molar-refractivity contribution in [3.8, 4) is 22.6 Å². The SMILES string of the molecule is C[C@@H](O)[C@@H]1NC(=O)C(N)C[C@@H](O)CNC(=O)[C@@H]2[C@@H](O)[C@@H](C)CN2C(=O)[C@H]([C@H](O)CCN(C(=O)OCC2c3ccccc3-c3ccccc32)C(CO)CO)NC(=O)[C@H]([C@H](O)Cc2ccc(O)c(OS(O)(O)O)c2)NC(=O)[C@@H]2C[C@@H](O)CN2C1=O. The van der Waals surface area contributed by atoms with E-state index in [-0.39, 0.29) is 12.2 Å². The maximum atomic E-state index is 15.1. The lowest BCUT2D eigenvalue weighted by atomic mass is 9.98. The molecule has 3 aromatic carbocycles. The molecule has 3 fully saturated rings. The Bertz CT molecular complexity index is 2800. The third-order valence-electron chi connectivity index (χ3n) is 15.2. The molecule has 3 aromatic rings. The van der Waals surface area contributed by atoms with Gasteiger partial charge in [-0.15, -0.1) is 0 Å². The zero-order chi connectivity index (χ0) is 60.8. The lowest BCUT2D eigenvalue weighted by molar-refractivity contribution is -0.147. The minimum Gasteiger partial charge on any atom is -0.504 e. The molecule has 0 bridgehead atoms. The summed E-state index contributed by atoms with van der Waals surface area (Å²) >= 11 is -4.75. The molecule has 7 amide bonds. The lowest BCUT2D eigenvalue weighted by Gasteiger charge is -2.35. The van der Waals surface area contributed by atoms with Gasteiger partial charge in [0.05, 0.1) is 61.9 Å². The van der Waals surface area contributed by atoms with Crippen LogP contribution in [0.3, 0.4) is 0 Å². The Morgan fingerprint density at radius 3 is 1.98 bits per heavy atom. The fourth-order valence-corrected chi connectivity index (χ4v) is 11.2. The van der Waals surface area contributed by atoms with Crippen LogP contribution in [0.25, 0.3) is 11.1 Å². The van der Waals surface area contributed by atoms with Gasteiger partial charge >= 0.3 is 6.09 Å². The highest BCUT2D eigenvalue weighted by Gasteiger charge is 2.50. The highest BCUT2D eigenvalue weighted by atomic mass is 32.3. The van der Waals surface area contributed by atoms with Crippen LogP contribution in [-0.4, -0.2) is 241 Å². The minimum absolute atomic E-state index is 0.0810. The van der Waals surface area contributed by atoms with E-state index in [1.807, 2.05) is 48.5 Å². The molecule has 4 aliphatic rings. The quantitative estimate of drug-likeness (QED) is 0.0698. The van der Waals surface area contributed by atoms with Crippen molar-refractivity contribution in [1.29, 1.82) is 0 Å². The number of hydrogen-bond donors (Lipinski definition) is 17. The molecule has 0 spiro atoms. The van der Waals surface area contributed by atoms with Crippen molar-refractivity contribution in [2.45, 2.75) is 124 Å². The Morgan fingerprint density at radius 2 is 1.36 bits per heavy atom. The number of β-amino-alcohol motifs (C(OH)–C–C–N with tert-alkyl or cyclic N) is 1. The van der Waals surface area contributed by atoms with Gasteiger partial charge in [0, 0.05) is 50.9 Å². The number of aromatic hydroxyl groups is 1. The molecule has 7 rings (SSSR count). The number of hydrogen-bond acceptors (Lipinski definition) is 22. The molecule has 18 N–H and O–H groups in total. The van der Waals surface area contributed by atoms with Gasteiger partial charge in [0.25, 0.3) is 11.2 Å². The maximum Gasteiger partial charge on any atom is 0.410 e. The summed E-state index contributed by atoms with van der Waals surface area (Å²) in [6.45, 7) is -1.56. The number of aliphatic hydroxyl groups excluding tert-OH is 8. The minimum atomic E-state index is -4.75. The van der Waals surface area contributed by atoms with Gasteiger partial charge in [-0.1, -0.05) is 61.5 Å². The first kappa shape index (κ1) is 63.8. The van der Waals surface area contributed by atoms with Crippen LogP contribution in [0, 0.1) is 5.92 Å². The second-order valence-corrected chi connectivity index (χ2v) is 22.3. The smallest absolute Gasteiger partial charge is 0.410 e. The van der Waals surface area contributed by atoms with E-state index < -0.39 is 220 Å². The van der Waals surface area contributed by atoms with Crippen LogP contribution in [0.1, 0.15) is 55.7 Å². The molecule has 13 atom stereocenters. The molecule has 0 aromatic heterocycles. The van der Waals surface area contributed by atoms with E-state index in [0.717, 1.165) is 62.1 Å². The van der Waals surface area contributed by atoms with Gasteiger partial charge in [0.1, 0.15) is 36.8 Å².